The number of aliphatic carboxylic acids is 1. The van der Waals surface area contributed by atoms with Crippen molar-refractivity contribution in [3.05, 3.63) is 42.1 Å². The Morgan fingerprint density at radius 2 is 1.67 bits per heavy atom. The highest BCUT2D eigenvalue weighted by atomic mass is 16.6. The Labute approximate surface area is 250 Å². The molecule has 1 saturated carbocycles. The molecule has 13 heteroatoms. The van der Waals surface area contributed by atoms with E-state index >= 15 is 0 Å². The summed E-state index contributed by atoms with van der Waals surface area (Å²) in [4.78, 5) is 66.0. The second-order valence-electron chi connectivity index (χ2n) is 11.9. The first-order valence-electron chi connectivity index (χ1n) is 14.5. The number of nitrogens with zero attached hydrogens (tertiary/aromatic N) is 4. The van der Waals surface area contributed by atoms with Gasteiger partial charge in [0.05, 0.1) is 12.3 Å². The van der Waals surface area contributed by atoms with Crippen LogP contribution in [0.4, 0.5) is 4.79 Å². The van der Waals surface area contributed by atoms with E-state index in [2.05, 4.69) is 10.4 Å². The number of rotatable bonds is 12. The normalized spacial score (nSPS) is 15.9. The van der Waals surface area contributed by atoms with E-state index in [1.807, 2.05) is 6.07 Å². The van der Waals surface area contributed by atoms with E-state index in [1.54, 1.807) is 49.9 Å². The van der Waals surface area contributed by atoms with Crippen LogP contribution in [0.5, 0.6) is 5.88 Å². The Morgan fingerprint density at radius 1 is 1.02 bits per heavy atom. The van der Waals surface area contributed by atoms with Gasteiger partial charge in [0.1, 0.15) is 12.6 Å². The zero-order chi connectivity index (χ0) is 31.1. The first kappa shape index (κ1) is 31.5. The van der Waals surface area contributed by atoms with Gasteiger partial charge < -0.3 is 29.7 Å². The topological polar surface area (TPSA) is 160 Å². The number of carbonyl (C=O) groups is 5. The molecule has 1 aliphatic heterocycles. The van der Waals surface area contributed by atoms with Gasteiger partial charge in [-0.25, -0.2) is 9.48 Å². The molecule has 1 aromatic carbocycles. The number of carbonyl (C=O) groups excluding carboxylic acids is 4. The molecular weight excluding hydrogens is 558 g/mol. The number of hydrogen-bond acceptors (Lipinski definition) is 8. The molecule has 0 spiro atoms. The van der Waals surface area contributed by atoms with Crippen molar-refractivity contribution in [1.29, 1.82) is 0 Å². The van der Waals surface area contributed by atoms with Gasteiger partial charge >= 0.3 is 12.1 Å². The quantitative estimate of drug-likeness (QED) is 0.375. The number of ether oxygens (including phenoxy) is 2. The zero-order valence-corrected chi connectivity index (χ0v) is 24.8. The van der Waals surface area contributed by atoms with Crippen LogP contribution in [-0.2, 0) is 19.1 Å². The highest BCUT2D eigenvalue weighted by Crippen LogP contribution is 2.29. The molecule has 43 heavy (non-hydrogen) atoms. The molecule has 13 nitrogen and oxygen atoms in total. The predicted molar refractivity (Wildman–Crippen MR) is 154 cm³/mol. The first-order valence-corrected chi connectivity index (χ1v) is 14.5. The van der Waals surface area contributed by atoms with E-state index in [-0.39, 0.29) is 63.0 Å². The number of para-hydroxylation sites is 1. The van der Waals surface area contributed by atoms with E-state index in [0.29, 0.717) is 18.2 Å². The summed E-state index contributed by atoms with van der Waals surface area (Å²) in [6.07, 6.45) is 1.25. The molecule has 0 unspecified atom stereocenters. The molecule has 2 N–H and O–H groups in total. The lowest BCUT2D eigenvalue weighted by Crippen LogP contribution is -2.56. The minimum atomic E-state index is -1.13. The van der Waals surface area contributed by atoms with Crippen LogP contribution in [0.15, 0.2) is 36.4 Å². The summed E-state index contributed by atoms with van der Waals surface area (Å²) in [5.41, 5.74) is -0.108. The van der Waals surface area contributed by atoms with Crippen molar-refractivity contribution in [3.63, 3.8) is 0 Å². The third-order valence-electron chi connectivity index (χ3n) is 7.34. The number of nitrogens with one attached hydrogen (secondary N) is 1. The van der Waals surface area contributed by atoms with Crippen LogP contribution < -0.4 is 10.1 Å². The van der Waals surface area contributed by atoms with Gasteiger partial charge in [-0.05, 0) is 37.3 Å². The number of amides is 3. The molecule has 4 rings (SSSR count). The maximum Gasteiger partial charge on any atom is 0.409 e. The van der Waals surface area contributed by atoms with Crippen molar-refractivity contribution in [1.82, 2.24) is 24.9 Å². The van der Waals surface area contributed by atoms with E-state index in [4.69, 9.17) is 9.47 Å². The van der Waals surface area contributed by atoms with E-state index in [9.17, 15) is 29.1 Å². The molecule has 232 valence electrons. The SMILES string of the molecule is CC(C)(C)C(=O)COc1cc(C(=O)N[C@@H](CCC(=O)O)C(=O)N2CCN(C(=O)OCC3CC3)CC2)nn1-c1ccccc1. The fourth-order valence-corrected chi connectivity index (χ4v) is 4.34. The van der Waals surface area contributed by atoms with Crippen molar-refractivity contribution in [2.75, 3.05) is 39.4 Å². The lowest BCUT2D eigenvalue weighted by molar-refractivity contribution is -0.138. The fraction of sp³-hybridized carbons (Fsp3) is 0.533. The van der Waals surface area contributed by atoms with Gasteiger partial charge in [0.25, 0.3) is 5.91 Å². The van der Waals surface area contributed by atoms with Crippen LogP contribution in [0, 0.1) is 11.3 Å². The lowest BCUT2D eigenvalue weighted by atomic mass is 9.91. The van der Waals surface area contributed by atoms with Crippen molar-refractivity contribution in [3.8, 4) is 11.6 Å². The molecule has 2 fully saturated rings. The van der Waals surface area contributed by atoms with Crippen molar-refractivity contribution in [2.45, 2.75) is 52.5 Å². The predicted octanol–water partition coefficient (Wildman–Crippen LogP) is 2.52. The highest BCUT2D eigenvalue weighted by molar-refractivity contribution is 5.96. The summed E-state index contributed by atoms with van der Waals surface area (Å²) in [7, 11) is 0. The number of Topliss-reactive ketones (excluding diaryl/α,β-unsaturated/α-hetero) is 1. The fourth-order valence-electron chi connectivity index (χ4n) is 4.34. The van der Waals surface area contributed by atoms with Gasteiger partial charge in [-0.3, -0.25) is 19.2 Å². The highest BCUT2D eigenvalue weighted by Gasteiger charge is 2.32. The second-order valence-corrected chi connectivity index (χ2v) is 11.9. The Balaban J connectivity index is 1.45. The number of carboxylic acid groups (broad SMARTS) is 1. The molecule has 2 heterocycles. The summed E-state index contributed by atoms with van der Waals surface area (Å²) < 4.78 is 12.5. The van der Waals surface area contributed by atoms with Gasteiger partial charge in [-0.1, -0.05) is 39.0 Å². The number of hydrogen-bond donors (Lipinski definition) is 2. The molecule has 1 aromatic heterocycles. The number of benzene rings is 1. The van der Waals surface area contributed by atoms with Gasteiger partial charge in [0, 0.05) is 44.1 Å². The molecule has 3 amide bonds. The largest absolute Gasteiger partial charge is 0.481 e. The van der Waals surface area contributed by atoms with Crippen LogP contribution in [0.1, 0.15) is 56.9 Å². The summed E-state index contributed by atoms with van der Waals surface area (Å²) in [6, 6.07) is 9.15. The molecular formula is C30H39N5O8. The minimum absolute atomic E-state index is 0.0709. The molecule has 1 aliphatic carbocycles. The molecule has 1 saturated heterocycles. The number of piperazine rings is 1. The number of aromatic nitrogens is 2. The Hall–Kier alpha value is -4.42. The van der Waals surface area contributed by atoms with Crippen LogP contribution in [-0.4, -0.2) is 99.8 Å². The smallest absolute Gasteiger partial charge is 0.409 e. The summed E-state index contributed by atoms with van der Waals surface area (Å²) in [5.74, 6) is -1.80. The third-order valence-corrected chi connectivity index (χ3v) is 7.34. The van der Waals surface area contributed by atoms with Gasteiger partial charge in [-0.2, -0.15) is 5.10 Å². The average Bonchev–Trinajstić information content (AvgIpc) is 3.72. The van der Waals surface area contributed by atoms with Crippen molar-refractivity contribution < 1.29 is 38.6 Å². The van der Waals surface area contributed by atoms with Crippen LogP contribution in [0.25, 0.3) is 5.69 Å². The maximum atomic E-state index is 13.4. The van der Waals surface area contributed by atoms with Gasteiger partial charge in [0.15, 0.2) is 11.5 Å². The van der Waals surface area contributed by atoms with Crippen molar-refractivity contribution in [2.24, 2.45) is 11.3 Å². The van der Waals surface area contributed by atoms with Gasteiger partial charge in [-0.15, -0.1) is 0 Å². The number of ketones is 1. The maximum absolute atomic E-state index is 13.4. The van der Waals surface area contributed by atoms with Crippen LogP contribution in [0.2, 0.25) is 0 Å². The molecule has 1 atom stereocenters. The second kappa shape index (κ2) is 13.7. The Kier molecular flexibility index (Phi) is 10.0. The standard InChI is InChI=1S/C30H39N5O8/c1-30(2,3)24(36)19-42-25-17-23(32-35(25)21-7-5-4-6-8-21)27(39)31-22(11-12-26(37)38)28(40)33-13-15-34(16-14-33)29(41)43-18-20-9-10-20/h4-8,17,20,22H,9-16,18-19H2,1-3H3,(H,31,39)(H,37,38)/t22-/m0/s1. The van der Waals surface area contributed by atoms with Crippen LogP contribution >= 0.6 is 0 Å². The molecule has 0 radical (unpaired) electrons. The van der Waals surface area contributed by atoms with Crippen LogP contribution in [0.3, 0.4) is 0 Å². The third kappa shape index (κ3) is 8.79. The monoisotopic (exact) mass is 597 g/mol. The molecule has 2 aromatic rings. The minimum Gasteiger partial charge on any atom is -0.481 e. The summed E-state index contributed by atoms with van der Waals surface area (Å²) in [6.45, 7) is 6.49. The summed E-state index contributed by atoms with van der Waals surface area (Å²) >= 11 is 0. The average molecular weight is 598 g/mol. The lowest BCUT2D eigenvalue weighted by Gasteiger charge is -2.36. The Bertz CT molecular complexity index is 1320. The van der Waals surface area contributed by atoms with Crippen molar-refractivity contribution >= 4 is 29.7 Å². The molecule has 2 aliphatic rings. The Morgan fingerprint density at radius 3 is 2.28 bits per heavy atom. The first-order chi connectivity index (χ1) is 20.4. The van der Waals surface area contributed by atoms with E-state index < -0.39 is 35.3 Å². The molecule has 0 bridgehead atoms. The summed E-state index contributed by atoms with van der Waals surface area (Å²) in [5, 5.41) is 16.3. The van der Waals surface area contributed by atoms with Gasteiger partial charge in [0.2, 0.25) is 11.8 Å². The number of carboxylic acids is 1. The van der Waals surface area contributed by atoms with E-state index in [0.717, 1.165) is 12.8 Å². The zero-order valence-electron chi connectivity index (χ0n) is 24.8. The van der Waals surface area contributed by atoms with E-state index in [1.165, 1.54) is 15.6 Å².